The molecule has 0 spiro atoms. The van der Waals surface area contributed by atoms with Gasteiger partial charge in [0.2, 0.25) is 0 Å². The van der Waals surface area contributed by atoms with Gasteiger partial charge in [-0.05, 0) is 12.1 Å². The Kier molecular flexibility index (Phi) is 5.51. The van der Waals surface area contributed by atoms with Gasteiger partial charge in [0, 0.05) is 36.8 Å². The van der Waals surface area contributed by atoms with Gasteiger partial charge in [0.05, 0.1) is 33.7 Å². The van der Waals surface area contributed by atoms with Crippen LogP contribution in [0.2, 0.25) is 10.0 Å². The van der Waals surface area contributed by atoms with Crippen molar-refractivity contribution in [1.82, 2.24) is 14.5 Å². The molecule has 0 radical (unpaired) electrons. The van der Waals surface area contributed by atoms with Crippen LogP contribution in [0.4, 0.5) is 16.2 Å². The number of amides is 2. The van der Waals surface area contributed by atoms with Gasteiger partial charge in [-0.1, -0.05) is 47.5 Å². The number of carboxylic acid groups (broad SMARTS) is 1. The van der Waals surface area contributed by atoms with Crippen molar-refractivity contribution < 1.29 is 14.7 Å². The lowest BCUT2D eigenvalue weighted by Gasteiger charge is -2.23. The minimum absolute atomic E-state index is 0.149. The number of benzene rings is 2. The van der Waals surface area contributed by atoms with Crippen LogP contribution in [0.25, 0.3) is 11.1 Å². The molecule has 10 heteroatoms. The fourth-order valence-corrected chi connectivity index (χ4v) is 4.17. The molecular formula is C21H19Cl2N5O3. The van der Waals surface area contributed by atoms with Gasteiger partial charge in [-0.25, -0.2) is 9.78 Å². The van der Waals surface area contributed by atoms with Crippen LogP contribution < -0.4 is 11.1 Å². The first-order chi connectivity index (χ1) is 14.8. The number of carbonyl (C=O) groups is 2. The van der Waals surface area contributed by atoms with Crippen LogP contribution in [0.1, 0.15) is 22.0 Å². The Morgan fingerprint density at radius 2 is 1.81 bits per heavy atom. The highest BCUT2D eigenvalue weighted by Gasteiger charge is 2.27. The molecule has 31 heavy (non-hydrogen) atoms. The molecule has 2 aromatic carbocycles. The normalized spacial score (nSPS) is 13.1. The molecule has 1 aromatic heterocycles. The van der Waals surface area contributed by atoms with Gasteiger partial charge in [-0.3, -0.25) is 4.79 Å². The summed E-state index contributed by atoms with van der Waals surface area (Å²) in [7, 11) is 1.74. The summed E-state index contributed by atoms with van der Waals surface area (Å²) in [6.45, 7) is 0.508. The predicted octanol–water partition coefficient (Wildman–Crippen LogP) is 4.26. The quantitative estimate of drug-likeness (QED) is 0.506. The number of aromatic nitrogens is 2. The number of rotatable bonds is 3. The summed E-state index contributed by atoms with van der Waals surface area (Å²) in [5.74, 6) is -0.266. The molecule has 2 heterocycles. The number of nitrogen functional groups attached to an aromatic ring is 1. The lowest BCUT2D eigenvalue weighted by Crippen LogP contribution is -2.35. The molecule has 0 saturated heterocycles. The largest absolute Gasteiger partial charge is 0.465 e. The Morgan fingerprint density at radius 1 is 1.13 bits per heavy atom. The van der Waals surface area contributed by atoms with E-state index < -0.39 is 12.0 Å². The Balaban J connectivity index is 1.63. The number of anilines is 2. The van der Waals surface area contributed by atoms with E-state index in [1.165, 1.54) is 4.90 Å². The number of nitrogens with two attached hydrogens (primary N) is 1. The number of hydrogen-bond acceptors (Lipinski definition) is 4. The van der Waals surface area contributed by atoms with E-state index in [0.29, 0.717) is 51.2 Å². The molecule has 4 N–H and O–H groups in total. The smallest absolute Gasteiger partial charge is 0.407 e. The molecule has 0 unspecified atom stereocenters. The topological polar surface area (TPSA) is 113 Å². The van der Waals surface area contributed by atoms with Gasteiger partial charge in [-0.15, -0.1) is 0 Å². The Morgan fingerprint density at radius 3 is 2.52 bits per heavy atom. The van der Waals surface area contributed by atoms with Crippen molar-refractivity contribution in [3.8, 4) is 11.1 Å². The summed E-state index contributed by atoms with van der Waals surface area (Å²) in [5, 5.41) is 12.7. The third kappa shape index (κ3) is 3.80. The highest BCUT2D eigenvalue weighted by atomic mass is 35.5. The number of hydrogen-bond donors (Lipinski definition) is 3. The minimum Gasteiger partial charge on any atom is -0.465 e. The number of imidazole rings is 1. The van der Waals surface area contributed by atoms with Crippen molar-refractivity contribution in [2.24, 2.45) is 7.05 Å². The van der Waals surface area contributed by atoms with Crippen molar-refractivity contribution in [3.63, 3.8) is 0 Å². The van der Waals surface area contributed by atoms with Gasteiger partial charge in [0.25, 0.3) is 5.91 Å². The van der Waals surface area contributed by atoms with Crippen molar-refractivity contribution in [2.75, 3.05) is 17.6 Å². The predicted molar refractivity (Wildman–Crippen MR) is 120 cm³/mol. The van der Waals surface area contributed by atoms with Gasteiger partial charge < -0.3 is 25.6 Å². The molecule has 0 bridgehead atoms. The lowest BCUT2D eigenvalue weighted by molar-refractivity contribution is 0.101. The monoisotopic (exact) mass is 459 g/mol. The summed E-state index contributed by atoms with van der Waals surface area (Å²) in [6.07, 6.45) is -0.520. The number of halogens is 2. The zero-order chi connectivity index (χ0) is 22.3. The number of carbonyl (C=O) groups excluding carboxylic acids is 1. The molecule has 1 aliphatic heterocycles. The van der Waals surface area contributed by atoms with Gasteiger partial charge in [0.15, 0.2) is 5.82 Å². The molecule has 160 valence electrons. The second-order valence-electron chi connectivity index (χ2n) is 7.17. The Labute approximate surface area is 188 Å². The second kappa shape index (κ2) is 8.13. The maximum absolute atomic E-state index is 13.0. The van der Waals surface area contributed by atoms with Crippen molar-refractivity contribution in [3.05, 3.63) is 63.7 Å². The fourth-order valence-electron chi connectivity index (χ4n) is 3.67. The highest BCUT2D eigenvalue weighted by Crippen LogP contribution is 2.39. The molecular weight excluding hydrogens is 441 g/mol. The summed E-state index contributed by atoms with van der Waals surface area (Å²) in [6, 6.07) is 10.5. The molecule has 8 nitrogen and oxygen atoms in total. The van der Waals surface area contributed by atoms with E-state index in [2.05, 4.69) is 10.3 Å². The molecule has 2 amide bonds. The van der Waals surface area contributed by atoms with Crippen molar-refractivity contribution in [2.45, 2.75) is 13.0 Å². The van der Waals surface area contributed by atoms with E-state index in [0.717, 1.165) is 5.69 Å². The lowest BCUT2D eigenvalue weighted by atomic mass is 10.0. The first kappa shape index (κ1) is 21.0. The number of nitrogens with zero attached hydrogens (tertiary/aromatic N) is 3. The van der Waals surface area contributed by atoms with Crippen LogP contribution in [0.15, 0.2) is 36.4 Å². The summed E-state index contributed by atoms with van der Waals surface area (Å²) in [5.41, 5.74) is 9.44. The van der Waals surface area contributed by atoms with E-state index in [-0.39, 0.29) is 12.4 Å². The standard InChI is InChI=1S/C21H19Cl2N5O3/c1-27-16-8-9-28(21(30)31)10-15(16)25-19(27)20(29)26-14-7-3-5-12(18(14)23)11-4-2-6-13(24)17(11)22/h2-7H,8-10,24H2,1H3,(H,26,29)(H,30,31). The highest BCUT2D eigenvalue weighted by molar-refractivity contribution is 6.39. The zero-order valence-electron chi connectivity index (χ0n) is 16.5. The zero-order valence-corrected chi connectivity index (χ0v) is 18.0. The molecule has 0 atom stereocenters. The SMILES string of the molecule is Cn1c(C(=O)Nc2cccc(-c3cccc(N)c3Cl)c2Cl)nc2c1CCN(C(=O)O)C2. The summed E-state index contributed by atoms with van der Waals surface area (Å²) < 4.78 is 1.69. The average molecular weight is 460 g/mol. The molecule has 0 aliphatic carbocycles. The van der Waals surface area contributed by atoms with E-state index in [9.17, 15) is 14.7 Å². The van der Waals surface area contributed by atoms with Crippen molar-refractivity contribution >= 4 is 46.6 Å². The third-order valence-electron chi connectivity index (χ3n) is 5.30. The maximum Gasteiger partial charge on any atom is 0.407 e. The molecule has 4 rings (SSSR count). The van der Waals surface area contributed by atoms with Crippen molar-refractivity contribution in [1.29, 1.82) is 0 Å². The molecule has 0 saturated carbocycles. The number of fused-ring (bicyclic) bond motifs is 1. The van der Waals surface area contributed by atoms with Crippen LogP contribution in [0.5, 0.6) is 0 Å². The van der Waals surface area contributed by atoms with Crippen LogP contribution >= 0.6 is 23.2 Å². The van der Waals surface area contributed by atoms with Crippen LogP contribution in [0.3, 0.4) is 0 Å². The molecule has 0 fully saturated rings. The van der Waals surface area contributed by atoms with E-state index in [4.69, 9.17) is 28.9 Å². The maximum atomic E-state index is 13.0. The van der Waals surface area contributed by atoms with Gasteiger partial charge >= 0.3 is 6.09 Å². The van der Waals surface area contributed by atoms with E-state index in [1.807, 2.05) is 0 Å². The average Bonchev–Trinajstić information content (AvgIpc) is 3.08. The fraction of sp³-hybridized carbons (Fsp3) is 0.190. The van der Waals surface area contributed by atoms with Gasteiger partial charge in [-0.2, -0.15) is 0 Å². The van der Waals surface area contributed by atoms with Crippen LogP contribution in [-0.2, 0) is 20.0 Å². The molecule has 3 aromatic rings. The summed E-state index contributed by atoms with van der Waals surface area (Å²) >= 11 is 12.9. The first-order valence-corrected chi connectivity index (χ1v) is 10.2. The number of nitrogens with one attached hydrogen (secondary N) is 1. The first-order valence-electron chi connectivity index (χ1n) is 9.44. The van der Waals surface area contributed by atoms with Crippen LogP contribution in [-0.4, -0.2) is 38.1 Å². The van der Waals surface area contributed by atoms with E-state index in [1.54, 1.807) is 48.0 Å². The second-order valence-corrected chi connectivity index (χ2v) is 7.93. The molecule has 1 aliphatic rings. The van der Waals surface area contributed by atoms with E-state index >= 15 is 0 Å². The third-order valence-corrected chi connectivity index (χ3v) is 6.12. The van der Waals surface area contributed by atoms with Gasteiger partial charge in [0.1, 0.15) is 0 Å². The van der Waals surface area contributed by atoms with Crippen LogP contribution in [0, 0.1) is 0 Å². The minimum atomic E-state index is -1.01. The Bertz CT molecular complexity index is 1210. The summed E-state index contributed by atoms with van der Waals surface area (Å²) in [4.78, 5) is 29.9. The Hall–Kier alpha value is -3.23.